The zero-order valence-electron chi connectivity index (χ0n) is 35.4. The molecule has 0 aliphatic carbocycles. The van der Waals surface area contributed by atoms with Crippen molar-refractivity contribution in [3.8, 4) is 0 Å². The number of nitro groups is 1. The quantitative estimate of drug-likeness (QED) is 0.0292. The van der Waals surface area contributed by atoms with E-state index >= 15 is 0 Å². The molecule has 0 spiro atoms. The Hall–Kier alpha value is -1.70. The Kier molecular flexibility index (Phi) is 35.1. The van der Waals surface area contributed by atoms with Gasteiger partial charge in [0.05, 0.1) is 18.6 Å². The SMILES string of the molecule is CCCCCCC(CCCCCC)C(=O)NCCCCCCN(CCCCCOC(=O)[C@@H](CCCCC)CC(C)CCCCC)C(CC)C[N+](=O)[O-]. The second-order valence-electron chi connectivity index (χ2n) is 16.0. The molecule has 0 aromatic heterocycles. The second-order valence-corrected chi connectivity index (χ2v) is 16.0. The molecule has 1 N–H and O–H groups in total. The fraction of sp³-hybridized carbons (Fsp3) is 0.955. The predicted molar refractivity (Wildman–Crippen MR) is 220 cm³/mol. The molecule has 0 saturated carbocycles. The number of rotatable bonds is 39. The minimum atomic E-state index is -0.175. The summed E-state index contributed by atoms with van der Waals surface area (Å²) in [6.45, 7) is 16.1. The summed E-state index contributed by atoms with van der Waals surface area (Å²) in [6, 6.07) is -0.0538. The van der Waals surface area contributed by atoms with Crippen molar-refractivity contribution in [2.45, 2.75) is 221 Å². The van der Waals surface area contributed by atoms with Gasteiger partial charge in [0, 0.05) is 17.4 Å². The second kappa shape index (κ2) is 36.3. The molecule has 0 aliphatic heterocycles. The number of ether oxygens (including phenoxy) is 1. The van der Waals surface area contributed by atoms with E-state index in [0.29, 0.717) is 12.5 Å². The van der Waals surface area contributed by atoms with Crippen LogP contribution in [0, 0.1) is 27.9 Å². The highest BCUT2D eigenvalue weighted by atomic mass is 16.6. The maximum atomic E-state index is 13.1. The number of hydrogen-bond acceptors (Lipinski definition) is 6. The molecular weight excluding hydrogens is 651 g/mol. The Morgan fingerprint density at radius 2 is 1.12 bits per heavy atom. The maximum Gasteiger partial charge on any atom is 0.308 e. The van der Waals surface area contributed by atoms with Crippen LogP contribution >= 0.6 is 0 Å². The Balaban J connectivity index is 4.67. The van der Waals surface area contributed by atoms with Gasteiger partial charge in [0.2, 0.25) is 12.5 Å². The molecular formula is C44H87N3O5. The molecule has 308 valence electrons. The topological polar surface area (TPSA) is 102 Å². The Bertz CT molecular complexity index is 829. The molecule has 2 unspecified atom stereocenters. The lowest BCUT2D eigenvalue weighted by Gasteiger charge is -2.28. The van der Waals surface area contributed by atoms with E-state index in [0.717, 1.165) is 129 Å². The van der Waals surface area contributed by atoms with E-state index in [-0.39, 0.29) is 41.2 Å². The van der Waals surface area contributed by atoms with E-state index in [1.165, 1.54) is 64.2 Å². The summed E-state index contributed by atoms with van der Waals surface area (Å²) in [6.07, 6.45) is 29.5. The summed E-state index contributed by atoms with van der Waals surface area (Å²) < 4.78 is 5.81. The number of unbranched alkanes of at least 4 members (excludes halogenated alkanes) is 15. The summed E-state index contributed by atoms with van der Waals surface area (Å²) in [5.74, 6) is 0.957. The number of esters is 1. The molecule has 0 heterocycles. The third kappa shape index (κ3) is 28.8. The van der Waals surface area contributed by atoms with Crippen LogP contribution in [-0.2, 0) is 14.3 Å². The van der Waals surface area contributed by atoms with Gasteiger partial charge in [-0.15, -0.1) is 0 Å². The molecule has 3 atom stereocenters. The molecule has 0 fully saturated rings. The summed E-state index contributed by atoms with van der Waals surface area (Å²) in [5.41, 5.74) is 0. The molecule has 0 saturated heterocycles. The average molecular weight is 738 g/mol. The van der Waals surface area contributed by atoms with Gasteiger partial charge in [-0.1, -0.05) is 151 Å². The van der Waals surface area contributed by atoms with Gasteiger partial charge in [-0.25, -0.2) is 0 Å². The van der Waals surface area contributed by atoms with Crippen molar-refractivity contribution in [2.24, 2.45) is 17.8 Å². The van der Waals surface area contributed by atoms with Gasteiger partial charge in [0.15, 0.2) is 0 Å². The predicted octanol–water partition coefficient (Wildman–Crippen LogP) is 12.1. The number of carbonyl (C=O) groups is 2. The highest BCUT2D eigenvalue weighted by molar-refractivity contribution is 5.78. The smallest absolute Gasteiger partial charge is 0.308 e. The first kappa shape index (κ1) is 50.3. The molecule has 0 rings (SSSR count). The number of nitrogens with one attached hydrogen (secondary N) is 1. The van der Waals surface area contributed by atoms with Crippen molar-refractivity contribution in [3.05, 3.63) is 10.1 Å². The summed E-state index contributed by atoms with van der Waals surface area (Å²) in [4.78, 5) is 39.6. The zero-order valence-corrected chi connectivity index (χ0v) is 35.4. The van der Waals surface area contributed by atoms with Crippen LogP contribution in [0.15, 0.2) is 0 Å². The highest BCUT2D eigenvalue weighted by Crippen LogP contribution is 2.24. The van der Waals surface area contributed by atoms with Crippen molar-refractivity contribution >= 4 is 11.9 Å². The van der Waals surface area contributed by atoms with Gasteiger partial charge in [0.25, 0.3) is 0 Å². The number of carbonyl (C=O) groups excluding carboxylic acids is 2. The van der Waals surface area contributed by atoms with E-state index in [9.17, 15) is 19.7 Å². The number of amides is 1. The van der Waals surface area contributed by atoms with Crippen molar-refractivity contribution < 1.29 is 19.2 Å². The largest absolute Gasteiger partial charge is 0.465 e. The van der Waals surface area contributed by atoms with Crippen LogP contribution in [0.4, 0.5) is 0 Å². The van der Waals surface area contributed by atoms with Crippen molar-refractivity contribution in [3.63, 3.8) is 0 Å². The molecule has 52 heavy (non-hydrogen) atoms. The minimum Gasteiger partial charge on any atom is -0.465 e. The van der Waals surface area contributed by atoms with Gasteiger partial charge in [-0.05, 0) is 83.2 Å². The van der Waals surface area contributed by atoms with E-state index < -0.39 is 0 Å². The van der Waals surface area contributed by atoms with Crippen molar-refractivity contribution in [1.29, 1.82) is 0 Å². The summed E-state index contributed by atoms with van der Waals surface area (Å²) in [7, 11) is 0. The first-order valence-corrected chi connectivity index (χ1v) is 22.5. The maximum absolute atomic E-state index is 13.1. The van der Waals surface area contributed by atoms with Crippen LogP contribution in [0.25, 0.3) is 0 Å². The molecule has 0 aromatic rings. The third-order valence-electron chi connectivity index (χ3n) is 11.0. The lowest BCUT2D eigenvalue weighted by Crippen LogP contribution is -2.41. The lowest BCUT2D eigenvalue weighted by atomic mass is 9.88. The van der Waals surface area contributed by atoms with Crippen LogP contribution in [0.3, 0.4) is 0 Å². The summed E-state index contributed by atoms with van der Waals surface area (Å²) in [5, 5.41) is 14.7. The fourth-order valence-electron chi connectivity index (χ4n) is 7.55. The molecule has 8 heteroatoms. The molecule has 0 aromatic carbocycles. The van der Waals surface area contributed by atoms with Crippen LogP contribution < -0.4 is 5.32 Å². The van der Waals surface area contributed by atoms with Crippen LogP contribution in [0.5, 0.6) is 0 Å². The standard InChI is InChI=1S/C44H87N3O5/c1-7-12-16-23-30-40(31-24-17-13-8-2)43(48)45-33-25-18-19-26-34-46(42(11-5)38-47(50)51)35-27-20-28-36-52-44(49)41(32-22-15-10-4)37-39(6)29-21-14-9-3/h39-42H,7-38H2,1-6H3,(H,45,48)/t39?,41-,42?/m0/s1. The van der Waals surface area contributed by atoms with Crippen LogP contribution in [-0.4, -0.2) is 60.5 Å². The average Bonchev–Trinajstić information content (AvgIpc) is 3.12. The Labute approximate surface area is 322 Å². The van der Waals surface area contributed by atoms with Crippen molar-refractivity contribution in [2.75, 3.05) is 32.8 Å². The normalized spacial score (nSPS) is 13.4. The van der Waals surface area contributed by atoms with Gasteiger partial charge in [0.1, 0.15) is 0 Å². The number of hydrogen-bond donors (Lipinski definition) is 1. The van der Waals surface area contributed by atoms with Gasteiger partial charge >= 0.3 is 5.97 Å². The van der Waals surface area contributed by atoms with Gasteiger partial charge in [-0.3, -0.25) is 24.6 Å². The third-order valence-corrected chi connectivity index (χ3v) is 11.0. The molecule has 8 nitrogen and oxygen atoms in total. The molecule has 0 bridgehead atoms. The van der Waals surface area contributed by atoms with Crippen LogP contribution in [0.1, 0.15) is 215 Å². The summed E-state index contributed by atoms with van der Waals surface area (Å²) >= 11 is 0. The van der Waals surface area contributed by atoms with E-state index in [2.05, 4.69) is 44.8 Å². The van der Waals surface area contributed by atoms with Crippen molar-refractivity contribution in [1.82, 2.24) is 10.2 Å². The number of nitrogens with zero attached hydrogens (tertiary/aromatic N) is 2. The molecule has 1 amide bonds. The Morgan fingerprint density at radius 3 is 1.67 bits per heavy atom. The van der Waals surface area contributed by atoms with Gasteiger partial charge < -0.3 is 10.1 Å². The fourth-order valence-corrected chi connectivity index (χ4v) is 7.55. The lowest BCUT2D eigenvalue weighted by molar-refractivity contribution is -0.487. The van der Waals surface area contributed by atoms with Gasteiger partial charge in [-0.2, -0.15) is 0 Å². The van der Waals surface area contributed by atoms with E-state index in [1.54, 1.807) is 0 Å². The minimum absolute atomic E-state index is 0.0127. The first-order valence-electron chi connectivity index (χ1n) is 22.5. The monoisotopic (exact) mass is 738 g/mol. The van der Waals surface area contributed by atoms with E-state index in [4.69, 9.17) is 4.74 Å². The zero-order chi connectivity index (χ0) is 38.7. The molecule has 0 aliphatic rings. The molecule has 0 radical (unpaired) electrons. The Morgan fingerprint density at radius 1 is 0.635 bits per heavy atom. The van der Waals surface area contributed by atoms with Crippen LogP contribution in [0.2, 0.25) is 0 Å². The highest BCUT2D eigenvalue weighted by Gasteiger charge is 2.23. The first-order chi connectivity index (χ1) is 25.2. The van der Waals surface area contributed by atoms with E-state index in [1.807, 2.05) is 6.92 Å².